The molecule has 1 unspecified atom stereocenters. The van der Waals surface area contributed by atoms with E-state index >= 15 is 0 Å². The van der Waals surface area contributed by atoms with Gasteiger partial charge in [0.2, 0.25) is 0 Å². The van der Waals surface area contributed by atoms with Crippen molar-refractivity contribution in [2.75, 3.05) is 13.1 Å². The minimum atomic E-state index is 0.0380. The van der Waals surface area contributed by atoms with E-state index in [9.17, 15) is 0 Å². The molecule has 114 valence electrons. The van der Waals surface area contributed by atoms with Gasteiger partial charge in [0.25, 0.3) is 0 Å². The van der Waals surface area contributed by atoms with Crippen molar-refractivity contribution in [2.45, 2.75) is 58.5 Å². The third-order valence-electron chi connectivity index (χ3n) is 4.47. The second-order valence-electron chi connectivity index (χ2n) is 7.07. The van der Waals surface area contributed by atoms with Gasteiger partial charge in [-0.05, 0) is 38.1 Å². The smallest absolute Gasteiger partial charge is 0.160 e. The standard InChI is InChI=1S/C17H26N4/c1-5-20-11-7-8-13(20)12-21-15-14(9-6-10-18-15)19-16(21)17(2,3)4/h6,9-10,13H,5,7-8,11-12H2,1-4H3. The fraction of sp³-hybridized carbons (Fsp3) is 0.647. The summed E-state index contributed by atoms with van der Waals surface area (Å²) in [6, 6.07) is 4.66. The summed E-state index contributed by atoms with van der Waals surface area (Å²) >= 11 is 0. The van der Waals surface area contributed by atoms with Crippen LogP contribution in [0, 0.1) is 0 Å². The van der Waals surface area contributed by atoms with Crippen LogP contribution in [0.25, 0.3) is 11.2 Å². The second kappa shape index (κ2) is 5.41. The Bertz CT molecular complexity index is 623. The molecule has 3 heterocycles. The molecule has 0 saturated carbocycles. The number of hydrogen-bond acceptors (Lipinski definition) is 3. The number of pyridine rings is 1. The van der Waals surface area contributed by atoms with Crippen molar-refractivity contribution in [3.05, 3.63) is 24.2 Å². The molecule has 21 heavy (non-hydrogen) atoms. The van der Waals surface area contributed by atoms with E-state index < -0.39 is 0 Å². The summed E-state index contributed by atoms with van der Waals surface area (Å²) in [6.07, 6.45) is 4.46. The Morgan fingerprint density at radius 1 is 1.33 bits per heavy atom. The molecule has 0 spiro atoms. The Morgan fingerprint density at radius 3 is 2.86 bits per heavy atom. The minimum absolute atomic E-state index is 0.0380. The number of rotatable bonds is 3. The van der Waals surface area contributed by atoms with Gasteiger partial charge in [0.15, 0.2) is 5.65 Å². The number of aromatic nitrogens is 3. The maximum Gasteiger partial charge on any atom is 0.160 e. The predicted molar refractivity (Wildman–Crippen MR) is 86.5 cm³/mol. The highest BCUT2D eigenvalue weighted by Gasteiger charge is 2.28. The van der Waals surface area contributed by atoms with Crippen molar-refractivity contribution in [3.8, 4) is 0 Å². The number of likely N-dealkylation sites (N-methyl/N-ethyl adjacent to an activating group) is 1. The van der Waals surface area contributed by atoms with Crippen molar-refractivity contribution in [1.29, 1.82) is 0 Å². The van der Waals surface area contributed by atoms with Crippen LogP contribution in [0.1, 0.15) is 46.4 Å². The maximum absolute atomic E-state index is 4.86. The number of fused-ring (bicyclic) bond motifs is 1. The monoisotopic (exact) mass is 286 g/mol. The van der Waals surface area contributed by atoms with E-state index in [2.05, 4.69) is 48.2 Å². The summed E-state index contributed by atoms with van der Waals surface area (Å²) in [5, 5.41) is 0. The van der Waals surface area contributed by atoms with Gasteiger partial charge in [0, 0.05) is 24.2 Å². The van der Waals surface area contributed by atoms with E-state index in [0.717, 1.165) is 30.1 Å². The van der Waals surface area contributed by atoms with Crippen molar-refractivity contribution >= 4 is 11.2 Å². The Hall–Kier alpha value is -1.42. The Balaban J connectivity index is 2.03. The number of nitrogens with zero attached hydrogens (tertiary/aromatic N) is 4. The summed E-state index contributed by atoms with van der Waals surface area (Å²) in [6.45, 7) is 12.3. The number of likely N-dealkylation sites (tertiary alicyclic amines) is 1. The average Bonchev–Trinajstić information content (AvgIpc) is 3.03. The molecular formula is C17H26N4. The molecule has 1 fully saturated rings. The van der Waals surface area contributed by atoms with Crippen LogP contribution in [0.4, 0.5) is 0 Å². The van der Waals surface area contributed by atoms with E-state index in [-0.39, 0.29) is 5.41 Å². The molecule has 2 aromatic rings. The van der Waals surface area contributed by atoms with Crippen molar-refractivity contribution < 1.29 is 0 Å². The van der Waals surface area contributed by atoms with Crippen LogP contribution in [0.3, 0.4) is 0 Å². The molecule has 0 bridgehead atoms. The molecule has 0 amide bonds. The van der Waals surface area contributed by atoms with Gasteiger partial charge in [-0.3, -0.25) is 4.90 Å². The predicted octanol–water partition coefficient (Wildman–Crippen LogP) is 3.21. The zero-order chi connectivity index (χ0) is 15.0. The van der Waals surface area contributed by atoms with Crippen LogP contribution in [-0.4, -0.2) is 38.6 Å². The lowest BCUT2D eigenvalue weighted by Gasteiger charge is -2.26. The zero-order valence-corrected chi connectivity index (χ0v) is 13.6. The SMILES string of the molecule is CCN1CCCC1Cn1c(C(C)(C)C)nc2cccnc21. The Kier molecular flexibility index (Phi) is 3.74. The van der Waals surface area contributed by atoms with Crippen LogP contribution < -0.4 is 0 Å². The summed E-state index contributed by atoms with van der Waals surface area (Å²) in [5.41, 5.74) is 2.09. The van der Waals surface area contributed by atoms with Crippen LogP contribution in [0.5, 0.6) is 0 Å². The van der Waals surface area contributed by atoms with Gasteiger partial charge < -0.3 is 4.57 Å². The summed E-state index contributed by atoms with van der Waals surface area (Å²) in [4.78, 5) is 12.0. The van der Waals surface area contributed by atoms with Crippen LogP contribution in [0.2, 0.25) is 0 Å². The van der Waals surface area contributed by atoms with E-state index in [1.807, 2.05) is 12.3 Å². The molecule has 0 N–H and O–H groups in total. The Labute approximate surface area is 127 Å². The van der Waals surface area contributed by atoms with Crippen LogP contribution >= 0.6 is 0 Å². The first-order valence-electron chi connectivity index (χ1n) is 8.06. The summed E-state index contributed by atoms with van der Waals surface area (Å²) in [7, 11) is 0. The lowest BCUT2D eigenvalue weighted by molar-refractivity contribution is 0.242. The lowest BCUT2D eigenvalue weighted by atomic mass is 9.95. The first kappa shape index (κ1) is 14.5. The van der Waals surface area contributed by atoms with E-state index in [1.54, 1.807) is 0 Å². The molecule has 0 aromatic carbocycles. The fourth-order valence-corrected chi connectivity index (χ4v) is 3.43. The van der Waals surface area contributed by atoms with Crippen molar-refractivity contribution in [2.24, 2.45) is 0 Å². The van der Waals surface area contributed by atoms with Gasteiger partial charge in [-0.25, -0.2) is 9.97 Å². The fourth-order valence-electron chi connectivity index (χ4n) is 3.43. The maximum atomic E-state index is 4.86. The molecule has 4 nitrogen and oxygen atoms in total. The van der Waals surface area contributed by atoms with Gasteiger partial charge in [-0.2, -0.15) is 0 Å². The largest absolute Gasteiger partial charge is 0.311 e. The quantitative estimate of drug-likeness (QED) is 0.869. The third kappa shape index (κ3) is 2.69. The molecule has 1 aliphatic heterocycles. The molecular weight excluding hydrogens is 260 g/mol. The lowest BCUT2D eigenvalue weighted by Crippen LogP contribution is -2.34. The van der Waals surface area contributed by atoms with Gasteiger partial charge in [-0.15, -0.1) is 0 Å². The highest BCUT2D eigenvalue weighted by Crippen LogP contribution is 2.28. The van der Waals surface area contributed by atoms with Gasteiger partial charge >= 0.3 is 0 Å². The third-order valence-corrected chi connectivity index (χ3v) is 4.47. The molecule has 0 aliphatic carbocycles. The van der Waals surface area contributed by atoms with Crippen molar-refractivity contribution in [1.82, 2.24) is 19.4 Å². The van der Waals surface area contributed by atoms with Crippen LogP contribution in [0.15, 0.2) is 18.3 Å². The molecule has 4 heteroatoms. The highest BCUT2D eigenvalue weighted by atomic mass is 15.2. The summed E-state index contributed by atoms with van der Waals surface area (Å²) < 4.78 is 2.36. The molecule has 2 aromatic heterocycles. The second-order valence-corrected chi connectivity index (χ2v) is 7.07. The minimum Gasteiger partial charge on any atom is -0.311 e. The van der Waals surface area contributed by atoms with Gasteiger partial charge in [-0.1, -0.05) is 27.7 Å². The zero-order valence-electron chi connectivity index (χ0n) is 13.6. The average molecular weight is 286 g/mol. The van der Waals surface area contributed by atoms with Gasteiger partial charge in [0.1, 0.15) is 11.3 Å². The first-order chi connectivity index (χ1) is 10.0. The van der Waals surface area contributed by atoms with Crippen LogP contribution in [-0.2, 0) is 12.0 Å². The topological polar surface area (TPSA) is 34.0 Å². The van der Waals surface area contributed by atoms with E-state index in [1.165, 1.54) is 19.4 Å². The van der Waals surface area contributed by atoms with Gasteiger partial charge in [0.05, 0.1) is 0 Å². The molecule has 1 atom stereocenters. The summed E-state index contributed by atoms with van der Waals surface area (Å²) in [5.74, 6) is 1.15. The van der Waals surface area contributed by atoms with E-state index in [4.69, 9.17) is 4.98 Å². The molecule has 1 saturated heterocycles. The first-order valence-corrected chi connectivity index (χ1v) is 8.06. The number of imidazole rings is 1. The number of hydrogen-bond donors (Lipinski definition) is 0. The highest BCUT2D eigenvalue weighted by molar-refractivity contribution is 5.71. The molecule has 0 radical (unpaired) electrons. The van der Waals surface area contributed by atoms with E-state index in [0.29, 0.717) is 6.04 Å². The van der Waals surface area contributed by atoms with Crippen molar-refractivity contribution in [3.63, 3.8) is 0 Å². The normalized spacial score (nSPS) is 20.5. The Morgan fingerprint density at radius 2 is 2.14 bits per heavy atom. The molecule has 3 rings (SSSR count). The molecule has 1 aliphatic rings.